The second-order valence-corrected chi connectivity index (χ2v) is 10.1. The number of carboxylic acids is 1. The Morgan fingerprint density at radius 1 is 0.941 bits per heavy atom. The van der Waals surface area contributed by atoms with Gasteiger partial charge in [0.1, 0.15) is 12.4 Å². The molecular formula is C26H26Cl2N2O3S. The van der Waals surface area contributed by atoms with Crippen molar-refractivity contribution in [2.45, 2.75) is 24.5 Å². The first kappa shape index (κ1) is 24.9. The van der Waals surface area contributed by atoms with E-state index in [4.69, 9.17) is 27.9 Å². The lowest BCUT2D eigenvalue weighted by atomic mass is 10.1. The van der Waals surface area contributed by atoms with E-state index in [1.165, 1.54) is 0 Å². The lowest BCUT2D eigenvalue weighted by molar-refractivity contribution is -0.136. The van der Waals surface area contributed by atoms with Crippen LogP contribution in [0.15, 0.2) is 71.6 Å². The van der Waals surface area contributed by atoms with Crippen LogP contribution in [0.5, 0.6) is 5.75 Å². The Morgan fingerprint density at radius 2 is 1.65 bits per heavy atom. The van der Waals surface area contributed by atoms with Gasteiger partial charge in [-0.3, -0.25) is 9.69 Å². The van der Waals surface area contributed by atoms with Gasteiger partial charge in [0.25, 0.3) is 0 Å². The van der Waals surface area contributed by atoms with E-state index < -0.39 is 5.97 Å². The van der Waals surface area contributed by atoms with E-state index in [0.717, 1.165) is 58.5 Å². The van der Waals surface area contributed by atoms with E-state index >= 15 is 0 Å². The summed E-state index contributed by atoms with van der Waals surface area (Å²) in [6.45, 7) is 4.74. The third kappa shape index (κ3) is 7.14. The number of halogens is 2. The summed E-state index contributed by atoms with van der Waals surface area (Å²) in [7, 11) is 0. The predicted molar refractivity (Wildman–Crippen MR) is 138 cm³/mol. The molecule has 4 rings (SSSR count). The molecule has 3 aromatic carbocycles. The van der Waals surface area contributed by atoms with E-state index in [1.807, 2.05) is 66.7 Å². The van der Waals surface area contributed by atoms with Crippen molar-refractivity contribution in [1.82, 2.24) is 9.21 Å². The van der Waals surface area contributed by atoms with E-state index in [1.54, 1.807) is 11.9 Å². The number of hydrogen-bond acceptors (Lipinski definition) is 5. The van der Waals surface area contributed by atoms with Crippen LogP contribution < -0.4 is 4.74 Å². The molecule has 0 spiro atoms. The first-order chi connectivity index (χ1) is 16.5. The van der Waals surface area contributed by atoms with E-state index in [-0.39, 0.29) is 6.42 Å². The van der Waals surface area contributed by atoms with Crippen LogP contribution in [0.1, 0.15) is 16.7 Å². The summed E-state index contributed by atoms with van der Waals surface area (Å²) < 4.78 is 8.46. The molecule has 8 heteroatoms. The van der Waals surface area contributed by atoms with Crippen molar-refractivity contribution in [3.63, 3.8) is 0 Å². The van der Waals surface area contributed by atoms with Crippen molar-refractivity contribution < 1.29 is 14.6 Å². The van der Waals surface area contributed by atoms with Crippen LogP contribution in [-0.4, -0.2) is 46.5 Å². The number of hydrogen-bond donors (Lipinski definition) is 1. The SMILES string of the molecule is O=C(O)Cc1ccc(OCc2ccc(Cl)cc2)c(CN2CCN(Sc3ccccc3Cl)CC2)c1. The van der Waals surface area contributed by atoms with Crippen molar-refractivity contribution in [2.75, 3.05) is 26.2 Å². The van der Waals surface area contributed by atoms with Gasteiger partial charge in [-0.15, -0.1) is 0 Å². The maximum atomic E-state index is 11.2. The van der Waals surface area contributed by atoms with Crippen LogP contribution in [0.3, 0.4) is 0 Å². The Kier molecular flexibility index (Phi) is 8.75. The minimum Gasteiger partial charge on any atom is -0.489 e. The van der Waals surface area contributed by atoms with E-state index in [2.05, 4.69) is 9.21 Å². The van der Waals surface area contributed by atoms with Crippen LogP contribution in [0.2, 0.25) is 10.0 Å². The molecule has 34 heavy (non-hydrogen) atoms. The number of rotatable bonds is 9. The number of carboxylic acid groups (broad SMARTS) is 1. The molecule has 0 saturated carbocycles. The van der Waals surface area contributed by atoms with Gasteiger partial charge in [-0.1, -0.05) is 59.6 Å². The van der Waals surface area contributed by atoms with Gasteiger partial charge >= 0.3 is 5.97 Å². The number of aliphatic carboxylic acids is 1. The normalized spacial score (nSPS) is 14.8. The highest BCUT2D eigenvalue weighted by molar-refractivity contribution is 7.97. The van der Waals surface area contributed by atoms with Gasteiger partial charge in [0.2, 0.25) is 0 Å². The van der Waals surface area contributed by atoms with Gasteiger partial charge in [0.05, 0.1) is 11.4 Å². The molecule has 3 aromatic rings. The smallest absolute Gasteiger partial charge is 0.307 e. The highest BCUT2D eigenvalue weighted by Crippen LogP contribution is 2.31. The van der Waals surface area contributed by atoms with Gasteiger partial charge in [0.15, 0.2) is 0 Å². The second-order valence-electron chi connectivity index (χ2n) is 8.15. The number of ether oxygens (including phenoxy) is 1. The molecule has 0 bridgehead atoms. The van der Waals surface area contributed by atoms with Crippen molar-refractivity contribution in [3.8, 4) is 5.75 Å². The molecule has 0 amide bonds. The fraction of sp³-hybridized carbons (Fsp3) is 0.269. The summed E-state index contributed by atoms with van der Waals surface area (Å²) in [4.78, 5) is 14.7. The third-order valence-electron chi connectivity index (χ3n) is 5.58. The number of piperazine rings is 1. The zero-order valence-corrected chi connectivity index (χ0v) is 21.0. The van der Waals surface area contributed by atoms with Crippen LogP contribution >= 0.6 is 35.1 Å². The monoisotopic (exact) mass is 516 g/mol. The van der Waals surface area contributed by atoms with Gasteiger partial charge in [-0.2, -0.15) is 0 Å². The Hall–Kier alpha value is -2.22. The Bertz CT molecular complexity index is 1120. The lowest BCUT2D eigenvalue weighted by Gasteiger charge is -2.34. The summed E-state index contributed by atoms with van der Waals surface area (Å²) >= 11 is 14.0. The van der Waals surface area contributed by atoms with Gasteiger partial charge in [0, 0.05) is 48.2 Å². The van der Waals surface area contributed by atoms with Crippen LogP contribution in [0.4, 0.5) is 0 Å². The molecule has 1 aliphatic heterocycles. The van der Waals surface area contributed by atoms with Crippen molar-refractivity contribution >= 4 is 41.1 Å². The Labute approximate surface area is 214 Å². The fourth-order valence-corrected chi connectivity index (χ4v) is 5.09. The molecule has 5 nitrogen and oxygen atoms in total. The molecular weight excluding hydrogens is 491 g/mol. The van der Waals surface area contributed by atoms with Gasteiger partial charge in [-0.25, -0.2) is 4.31 Å². The van der Waals surface area contributed by atoms with Gasteiger partial charge < -0.3 is 9.84 Å². The standard InChI is InChI=1S/C26H26Cl2N2O3S/c27-22-8-5-19(6-9-22)18-33-24-10-7-20(16-26(31)32)15-21(24)17-29-11-13-30(14-12-29)34-25-4-2-1-3-23(25)28/h1-10,15H,11-14,16-18H2,(H,31,32). The van der Waals surface area contributed by atoms with Crippen LogP contribution in [-0.2, 0) is 24.4 Å². The van der Waals surface area contributed by atoms with Crippen LogP contribution in [0, 0.1) is 0 Å². The third-order valence-corrected chi connectivity index (χ3v) is 7.45. The Morgan fingerprint density at radius 3 is 2.35 bits per heavy atom. The zero-order valence-electron chi connectivity index (χ0n) is 18.6. The largest absolute Gasteiger partial charge is 0.489 e. The molecule has 0 aromatic heterocycles. The fourth-order valence-electron chi connectivity index (χ4n) is 3.80. The van der Waals surface area contributed by atoms with Crippen LogP contribution in [0.25, 0.3) is 0 Å². The second kappa shape index (κ2) is 12.0. The molecule has 1 N–H and O–H groups in total. The molecule has 0 aliphatic carbocycles. The molecule has 1 fully saturated rings. The summed E-state index contributed by atoms with van der Waals surface area (Å²) in [5.41, 5.74) is 2.80. The zero-order chi connectivity index (χ0) is 23.9. The maximum absolute atomic E-state index is 11.2. The average molecular weight is 517 g/mol. The Balaban J connectivity index is 1.40. The minimum atomic E-state index is -0.842. The molecule has 1 aliphatic rings. The van der Waals surface area contributed by atoms with Crippen molar-refractivity contribution in [2.24, 2.45) is 0 Å². The molecule has 178 valence electrons. The predicted octanol–water partition coefficient (Wildman–Crippen LogP) is 6.02. The van der Waals surface area contributed by atoms with E-state index in [9.17, 15) is 9.90 Å². The topological polar surface area (TPSA) is 53.0 Å². The molecule has 0 radical (unpaired) electrons. The van der Waals surface area contributed by atoms with Crippen molar-refractivity contribution in [1.29, 1.82) is 0 Å². The first-order valence-corrected chi connectivity index (χ1v) is 12.6. The quantitative estimate of drug-likeness (QED) is 0.350. The summed E-state index contributed by atoms with van der Waals surface area (Å²) in [5.74, 6) is -0.0667. The number of carbonyl (C=O) groups is 1. The summed E-state index contributed by atoms with van der Waals surface area (Å²) in [5, 5.41) is 10.7. The molecule has 1 heterocycles. The average Bonchev–Trinajstić information content (AvgIpc) is 2.82. The lowest BCUT2D eigenvalue weighted by Crippen LogP contribution is -2.42. The summed E-state index contributed by atoms with van der Waals surface area (Å²) in [6, 6.07) is 21.1. The highest BCUT2D eigenvalue weighted by atomic mass is 35.5. The first-order valence-electron chi connectivity index (χ1n) is 11.1. The van der Waals surface area contributed by atoms with E-state index in [0.29, 0.717) is 18.2 Å². The molecule has 1 saturated heterocycles. The number of benzene rings is 3. The highest BCUT2D eigenvalue weighted by Gasteiger charge is 2.20. The molecule has 0 unspecified atom stereocenters. The van der Waals surface area contributed by atoms with Gasteiger partial charge in [-0.05, 0) is 53.4 Å². The minimum absolute atomic E-state index is 0.00723. The van der Waals surface area contributed by atoms with Crippen molar-refractivity contribution in [3.05, 3.63) is 93.5 Å². The summed E-state index contributed by atoms with van der Waals surface area (Å²) in [6.07, 6.45) is -0.00723. The maximum Gasteiger partial charge on any atom is 0.307 e. The molecule has 0 atom stereocenters. The number of nitrogens with zero attached hydrogens (tertiary/aromatic N) is 2.